The van der Waals surface area contributed by atoms with Crippen molar-refractivity contribution in [1.82, 2.24) is 9.88 Å². The van der Waals surface area contributed by atoms with E-state index in [4.69, 9.17) is 9.88 Å². The molecule has 0 spiro atoms. The van der Waals surface area contributed by atoms with Crippen LogP contribution in [-0.2, 0) is 14.8 Å². The first-order chi connectivity index (χ1) is 13.8. The number of hydrogen-bond acceptors (Lipinski definition) is 6. The highest BCUT2D eigenvalue weighted by molar-refractivity contribution is 9.10. The van der Waals surface area contributed by atoms with Crippen molar-refractivity contribution in [1.29, 1.82) is 0 Å². The largest absolute Gasteiger partial charge is 0.492 e. The Balaban J connectivity index is 1.38. The maximum atomic E-state index is 12.4. The molecule has 2 aromatic rings. The van der Waals surface area contributed by atoms with E-state index in [2.05, 4.69) is 31.1 Å². The molecule has 1 aliphatic heterocycles. The minimum Gasteiger partial charge on any atom is -0.492 e. The van der Waals surface area contributed by atoms with Crippen LogP contribution < -0.4 is 15.2 Å². The number of carbonyl (C=O) groups excluding carboxylic acids is 1. The van der Waals surface area contributed by atoms with Gasteiger partial charge in [-0.1, -0.05) is 0 Å². The first kappa shape index (κ1) is 21.7. The molecule has 2 heterocycles. The van der Waals surface area contributed by atoms with Crippen LogP contribution in [0, 0.1) is 5.92 Å². The number of rotatable bonds is 7. The zero-order valence-corrected chi connectivity index (χ0v) is 18.2. The summed E-state index contributed by atoms with van der Waals surface area (Å²) in [7, 11) is -3.69. The van der Waals surface area contributed by atoms with E-state index in [1.54, 1.807) is 24.4 Å². The van der Waals surface area contributed by atoms with E-state index in [0.717, 1.165) is 36.9 Å². The average Bonchev–Trinajstić information content (AvgIpc) is 2.70. The van der Waals surface area contributed by atoms with Crippen LogP contribution in [0.15, 0.2) is 52.0 Å². The number of ether oxygens (including phenoxy) is 1. The number of aromatic nitrogens is 1. The van der Waals surface area contributed by atoms with Crippen LogP contribution in [0.1, 0.15) is 12.8 Å². The summed E-state index contributed by atoms with van der Waals surface area (Å²) in [6.45, 7) is 2.85. The van der Waals surface area contributed by atoms with Crippen LogP contribution in [-0.4, -0.2) is 50.5 Å². The highest BCUT2D eigenvalue weighted by atomic mass is 79.9. The minimum absolute atomic E-state index is 0.00525. The first-order valence-corrected chi connectivity index (χ1v) is 11.6. The summed E-state index contributed by atoms with van der Waals surface area (Å²) in [5.74, 6) is 1.13. The minimum atomic E-state index is -3.69. The second kappa shape index (κ2) is 9.66. The van der Waals surface area contributed by atoms with Gasteiger partial charge in [0.25, 0.3) is 0 Å². The number of benzene rings is 1. The quantitative estimate of drug-likeness (QED) is 0.624. The van der Waals surface area contributed by atoms with Crippen molar-refractivity contribution in [2.24, 2.45) is 11.1 Å². The number of nitrogens with zero attached hydrogens (tertiary/aromatic N) is 2. The molecule has 0 atom stereocenters. The van der Waals surface area contributed by atoms with Gasteiger partial charge in [0.15, 0.2) is 0 Å². The van der Waals surface area contributed by atoms with Crippen molar-refractivity contribution in [2.75, 3.05) is 31.6 Å². The molecule has 0 unspecified atom stereocenters. The van der Waals surface area contributed by atoms with Crippen LogP contribution in [0.2, 0.25) is 0 Å². The van der Waals surface area contributed by atoms with Gasteiger partial charge in [-0.05, 0) is 78.3 Å². The van der Waals surface area contributed by atoms with Gasteiger partial charge in [0.05, 0.1) is 4.90 Å². The number of nitrogens with two attached hydrogens (primary N) is 1. The third kappa shape index (κ3) is 6.49. The van der Waals surface area contributed by atoms with Gasteiger partial charge >= 0.3 is 0 Å². The van der Waals surface area contributed by atoms with Crippen molar-refractivity contribution in [3.8, 4) is 5.75 Å². The number of piperidine rings is 1. The van der Waals surface area contributed by atoms with E-state index < -0.39 is 10.0 Å². The van der Waals surface area contributed by atoms with Gasteiger partial charge in [0, 0.05) is 23.1 Å². The van der Waals surface area contributed by atoms with Crippen molar-refractivity contribution >= 4 is 37.7 Å². The summed E-state index contributed by atoms with van der Waals surface area (Å²) in [6.07, 6.45) is 3.22. The Labute approximate surface area is 178 Å². The molecule has 3 N–H and O–H groups in total. The summed E-state index contributed by atoms with van der Waals surface area (Å²) in [5, 5.41) is 7.94. The predicted octanol–water partition coefficient (Wildman–Crippen LogP) is 2.22. The Morgan fingerprint density at radius 2 is 1.90 bits per heavy atom. The van der Waals surface area contributed by atoms with Crippen LogP contribution in [0.25, 0.3) is 0 Å². The SMILES string of the molecule is NS(=O)(=O)c1ccc(OCCN2CCC(C(=O)Nc3ccc(Br)cn3)CC2)cc1. The molecule has 1 amide bonds. The summed E-state index contributed by atoms with van der Waals surface area (Å²) in [6, 6.07) is 9.64. The summed E-state index contributed by atoms with van der Waals surface area (Å²) in [4.78, 5) is 18.9. The number of sulfonamides is 1. The van der Waals surface area contributed by atoms with Crippen molar-refractivity contribution in [2.45, 2.75) is 17.7 Å². The fourth-order valence-electron chi connectivity index (χ4n) is 3.11. The van der Waals surface area contributed by atoms with E-state index in [9.17, 15) is 13.2 Å². The van der Waals surface area contributed by atoms with E-state index in [-0.39, 0.29) is 16.7 Å². The number of likely N-dealkylation sites (tertiary alicyclic amines) is 1. The second-order valence-electron chi connectivity index (χ2n) is 6.83. The maximum Gasteiger partial charge on any atom is 0.238 e. The number of halogens is 1. The zero-order valence-electron chi connectivity index (χ0n) is 15.8. The molecule has 0 radical (unpaired) electrons. The molecule has 1 aliphatic rings. The molecule has 1 aromatic carbocycles. The summed E-state index contributed by atoms with van der Waals surface area (Å²) >= 11 is 3.32. The number of anilines is 1. The summed E-state index contributed by atoms with van der Waals surface area (Å²) in [5.41, 5.74) is 0. The molecule has 8 nitrogen and oxygen atoms in total. The molecule has 0 aliphatic carbocycles. The van der Waals surface area contributed by atoms with Crippen LogP contribution in [0.5, 0.6) is 5.75 Å². The van der Waals surface area contributed by atoms with Gasteiger partial charge in [-0.25, -0.2) is 18.5 Å². The highest BCUT2D eigenvalue weighted by Gasteiger charge is 2.25. The Hall–Kier alpha value is -2.01. The predicted molar refractivity (Wildman–Crippen MR) is 113 cm³/mol. The zero-order chi connectivity index (χ0) is 20.9. The average molecular weight is 483 g/mol. The second-order valence-corrected chi connectivity index (χ2v) is 9.31. The molecular weight excluding hydrogens is 460 g/mol. The number of nitrogens with one attached hydrogen (secondary N) is 1. The monoisotopic (exact) mass is 482 g/mol. The van der Waals surface area contributed by atoms with Gasteiger partial charge in [-0.15, -0.1) is 0 Å². The number of hydrogen-bond donors (Lipinski definition) is 2. The molecule has 0 bridgehead atoms. The van der Waals surface area contributed by atoms with Crippen molar-refractivity contribution in [3.63, 3.8) is 0 Å². The maximum absolute atomic E-state index is 12.4. The topological polar surface area (TPSA) is 115 Å². The molecule has 1 saturated heterocycles. The molecule has 29 heavy (non-hydrogen) atoms. The number of carbonyl (C=O) groups is 1. The van der Waals surface area contributed by atoms with Gasteiger partial charge in [-0.3, -0.25) is 9.69 Å². The van der Waals surface area contributed by atoms with E-state index in [1.807, 2.05) is 6.07 Å². The lowest BCUT2D eigenvalue weighted by Crippen LogP contribution is -2.40. The number of amides is 1. The third-order valence-electron chi connectivity index (χ3n) is 4.77. The Morgan fingerprint density at radius 3 is 2.48 bits per heavy atom. The van der Waals surface area contributed by atoms with Crippen LogP contribution in [0.3, 0.4) is 0 Å². The Kier molecular flexibility index (Phi) is 7.23. The normalized spacial score (nSPS) is 15.8. The number of pyridine rings is 1. The summed E-state index contributed by atoms with van der Waals surface area (Å²) < 4.78 is 29.0. The fraction of sp³-hybridized carbons (Fsp3) is 0.368. The molecule has 1 aromatic heterocycles. The lowest BCUT2D eigenvalue weighted by molar-refractivity contribution is -0.121. The Morgan fingerprint density at radius 1 is 1.21 bits per heavy atom. The lowest BCUT2D eigenvalue weighted by atomic mass is 9.96. The van der Waals surface area contributed by atoms with E-state index >= 15 is 0 Å². The van der Waals surface area contributed by atoms with Gasteiger partial charge in [-0.2, -0.15) is 0 Å². The van der Waals surface area contributed by atoms with E-state index in [1.165, 1.54) is 12.1 Å². The molecule has 1 fully saturated rings. The standard InChI is InChI=1S/C19H23BrN4O4S/c20-15-1-6-18(22-13-15)23-19(25)14-7-9-24(10-8-14)11-12-28-16-2-4-17(5-3-16)29(21,26)27/h1-6,13-14H,7-12H2,(H2,21,26,27)(H,22,23,25). The smallest absolute Gasteiger partial charge is 0.238 e. The van der Waals surface area contributed by atoms with Gasteiger partial charge < -0.3 is 10.1 Å². The van der Waals surface area contributed by atoms with E-state index in [0.29, 0.717) is 18.2 Å². The fourth-order valence-corrected chi connectivity index (χ4v) is 3.86. The third-order valence-corrected chi connectivity index (χ3v) is 6.16. The molecule has 10 heteroatoms. The van der Waals surface area contributed by atoms with Gasteiger partial charge in [0.2, 0.25) is 15.9 Å². The van der Waals surface area contributed by atoms with Crippen LogP contribution >= 0.6 is 15.9 Å². The highest BCUT2D eigenvalue weighted by Crippen LogP contribution is 2.20. The van der Waals surface area contributed by atoms with Crippen molar-refractivity contribution < 1.29 is 17.9 Å². The number of primary sulfonamides is 1. The molecule has 3 rings (SSSR count). The molecular formula is C19H23BrN4O4S. The first-order valence-electron chi connectivity index (χ1n) is 9.22. The molecule has 0 saturated carbocycles. The lowest BCUT2D eigenvalue weighted by Gasteiger charge is -2.31. The van der Waals surface area contributed by atoms with Crippen molar-refractivity contribution in [3.05, 3.63) is 47.1 Å². The van der Waals surface area contributed by atoms with Crippen LogP contribution in [0.4, 0.5) is 5.82 Å². The Bertz CT molecular complexity index is 928. The molecule has 156 valence electrons. The van der Waals surface area contributed by atoms with Gasteiger partial charge in [0.1, 0.15) is 18.2 Å².